The highest BCUT2D eigenvalue weighted by atomic mass is 16.3. The van der Waals surface area contributed by atoms with Crippen LogP contribution in [-0.2, 0) is 4.79 Å². The fourth-order valence-electron chi connectivity index (χ4n) is 1.19. The number of nitrogens with two attached hydrogens (primary N) is 1. The Morgan fingerprint density at radius 2 is 1.87 bits per heavy atom. The molecule has 0 rings (SSSR count). The molecule has 4 N–H and O–H groups in total. The minimum absolute atomic E-state index is 0.145. The number of carbonyl (C=O) groups is 1. The lowest BCUT2D eigenvalue weighted by Gasteiger charge is -2.18. The zero-order valence-corrected chi connectivity index (χ0v) is 10.2. The summed E-state index contributed by atoms with van der Waals surface area (Å²) in [5.41, 5.74) is 5.69. The van der Waals surface area contributed by atoms with Crippen LogP contribution < -0.4 is 11.1 Å². The number of amides is 1. The molecule has 2 unspecified atom stereocenters. The molecule has 15 heavy (non-hydrogen) atoms. The molecular formula is C11H24N2O2. The minimum atomic E-state index is -0.500. The number of rotatable bonds is 6. The van der Waals surface area contributed by atoms with E-state index in [0.717, 1.165) is 0 Å². The third-order valence-corrected chi connectivity index (χ3v) is 2.32. The summed E-state index contributed by atoms with van der Waals surface area (Å²) < 4.78 is 0. The van der Waals surface area contributed by atoms with Gasteiger partial charge < -0.3 is 16.2 Å². The number of carbonyl (C=O) groups excluding carboxylic acids is 1. The molecule has 0 aromatic carbocycles. The molecule has 2 atom stereocenters. The molecule has 4 heteroatoms. The Hall–Kier alpha value is -0.610. The topological polar surface area (TPSA) is 75.4 Å². The van der Waals surface area contributed by atoms with Gasteiger partial charge in [0.05, 0.1) is 12.1 Å². The van der Waals surface area contributed by atoms with Crippen molar-refractivity contribution in [2.45, 2.75) is 46.3 Å². The highest BCUT2D eigenvalue weighted by Gasteiger charge is 2.16. The summed E-state index contributed by atoms with van der Waals surface area (Å²) in [6.07, 6.45) is 0.170. The van der Waals surface area contributed by atoms with Gasteiger partial charge in [0.25, 0.3) is 0 Å². The predicted molar refractivity (Wildman–Crippen MR) is 61.3 cm³/mol. The van der Waals surface area contributed by atoms with Crippen molar-refractivity contribution in [2.24, 2.45) is 17.6 Å². The van der Waals surface area contributed by atoms with Gasteiger partial charge in [0.2, 0.25) is 5.91 Å². The summed E-state index contributed by atoms with van der Waals surface area (Å²) in [6.45, 7) is 8.14. The quantitative estimate of drug-likeness (QED) is 0.605. The summed E-state index contributed by atoms with van der Waals surface area (Å²) in [5, 5.41) is 12.1. The van der Waals surface area contributed by atoms with Gasteiger partial charge >= 0.3 is 0 Å². The Bertz CT molecular complexity index is 193. The molecule has 4 nitrogen and oxygen atoms in total. The number of hydrogen-bond acceptors (Lipinski definition) is 3. The first-order valence-corrected chi connectivity index (χ1v) is 5.56. The molecule has 0 aliphatic heterocycles. The van der Waals surface area contributed by atoms with E-state index in [4.69, 9.17) is 5.73 Å². The largest absolute Gasteiger partial charge is 0.391 e. The van der Waals surface area contributed by atoms with Crippen LogP contribution in [0.1, 0.15) is 34.1 Å². The normalized spacial score (nSPS) is 15.5. The van der Waals surface area contributed by atoms with Crippen molar-refractivity contribution < 1.29 is 9.90 Å². The van der Waals surface area contributed by atoms with Crippen LogP contribution in [0.3, 0.4) is 0 Å². The number of hydrogen-bond donors (Lipinski definition) is 3. The maximum absolute atomic E-state index is 11.5. The molecule has 0 saturated carbocycles. The average Bonchev–Trinajstić information content (AvgIpc) is 2.12. The second-order valence-corrected chi connectivity index (χ2v) is 4.79. The summed E-state index contributed by atoms with van der Waals surface area (Å²) in [7, 11) is 0. The van der Waals surface area contributed by atoms with Gasteiger partial charge in [0.15, 0.2) is 0 Å². The van der Waals surface area contributed by atoms with Crippen LogP contribution in [0.15, 0.2) is 0 Å². The van der Waals surface area contributed by atoms with E-state index >= 15 is 0 Å². The molecule has 0 saturated heterocycles. The maximum Gasteiger partial charge on any atom is 0.237 e. The lowest BCUT2D eigenvalue weighted by atomic mass is 10.0. The molecule has 0 aromatic heterocycles. The molecule has 0 fully saturated rings. The minimum Gasteiger partial charge on any atom is -0.391 e. The van der Waals surface area contributed by atoms with Crippen molar-refractivity contribution in [3.8, 4) is 0 Å². The zero-order valence-electron chi connectivity index (χ0n) is 10.2. The Balaban J connectivity index is 3.83. The van der Waals surface area contributed by atoms with Crippen LogP contribution in [0, 0.1) is 11.8 Å². The lowest BCUT2D eigenvalue weighted by Crippen LogP contribution is -2.44. The summed E-state index contributed by atoms with van der Waals surface area (Å²) in [6, 6.07) is -0.468. The summed E-state index contributed by atoms with van der Waals surface area (Å²) in [4.78, 5) is 11.5. The first-order valence-electron chi connectivity index (χ1n) is 5.56. The second kappa shape index (κ2) is 6.80. The lowest BCUT2D eigenvalue weighted by molar-refractivity contribution is -0.123. The molecule has 0 radical (unpaired) electrons. The molecule has 0 heterocycles. The van der Waals surface area contributed by atoms with Gasteiger partial charge in [0.1, 0.15) is 0 Å². The van der Waals surface area contributed by atoms with Crippen LogP contribution in [0.2, 0.25) is 0 Å². The molecule has 90 valence electrons. The van der Waals surface area contributed by atoms with Crippen LogP contribution in [0.4, 0.5) is 0 Å². The fourth-order valence-corrected chi connectivity index (χ4v) is 1.19. The van der Waals surface area contributed by atoms with E-state index in [0.29, 0.717) is 12.3 Å². The van der Waals surface area contributed by atoms with E-state index in [1.165, 1.54) is 0 Å². The molecule has 0 bridgehead atoms. The van der Waals surface area contributed by atoms with Gasteiger partial charge in [-0.3, -0.25) is 4.79 Å². The van der Waals surface area contributed by atoms with E-state index in [1.807, 2.05) is 27.7 Å². The van der Waals surface area contributed by atoms with Gasteiger partial charge in [-0.1, -0.05) is 27.7 Å². The number of nitrogens with one attached hydrogen (secondary N) is 1. The summed E-state index contributed by atoms with van der Waals surface area (Å²) >= 11 is 0. The Kier molecular flexibility index (Phi) is 6.52. The van der Waals surface area contributed by atoms with Crippen LogP contribution in [-0.4, -0.2) is 29.7 Å². The van der Waals surface area contributed by atoms with Crippen molar-refractivity contribution in [3.63, 3.8) is 0 Å². The van der Waals surface area contributed by atoms with Crippen molar-refractivity contribution >= 4 is 5.91 Å². The van der Waals surface area contributed by atoms with Gasteiger partial charge in [-0.25, -0.2) is 0 Å². The second-order valence-electron chi connectivity index (χ2n) is 4.79. The molecule has 0 aliphatic rings. The smallest absolute Gasteiger partial charge is 0.237 e. The molecule has 0 spiro atoms. The molecule has 1 amide bonds. The zero-order chi connectivity index (χ0) is 12.0. The van der Waals surface area contributed by atoms with E-state index in [2.05, 4.69) is 5.32 Å². The fraction of sp³-hybridized carbons (Fsp3) is 0.909. The standard InChI is InChI=1S/C11H24N2O2/c1-7(2)5-9(12)11(15)13-6-10(14)8(3)4/h7-10,14H,5-6,12H2,1-4H3,(H,13,15). The number of aliphatic hydroxyl groups is 1. The van der Waals surface area contributed by atoms with Gasteiger partial charge in [-0.15, -0.1) is 0 Å². The molecular weight excluding hydrogens is 192 g/mol. The van der Waals surface area contributed by atoms with E-state index < -0.39 is 12.1 Å². The predicted octanol–water partition coefficient (Wildman–Crippen LogP) is 0.493. The van der Waals surface area contributed by atoms with Crippen molar-refractivity contribution in [2.75, 3.05) is 6.54 Å². The van der Waals surface area contributed by atoms with Crippen molar-refractivity contribution in [1.82, 2.24) is 5.32 Å². The van der Waals surface area contributed by atoms with E-state index in [9.17, 15) is 9.90 Å². The van der Waals surface area contributed by atoms with E-state index in [1.54, 1.807) is 0 Å². The first kappa shape index (κ1) is 14.4. The molecule has 0 aromatic rings. The van der Waals surface area contributed by atoms with Gasteiger partial charge in [-0.2, -0.15) is 0 Å². The Morgan fingerprint density at radius 1 is 1.33 bits per heavy atom. The monoisotopic (exact) mass is 216 g/mol. The van der Waals surface area contributed by atoms with Gasteiger partial charge in [0, 0.05) is 6.54 Å². The van der Waals surface area contributed by atoms with Crippen LogP contribution >= 0.6 is 0 Å². The Labute approximate surface area is 92.2 Å². The van der Waals surface area contributed by atoms with Crippen molar-refractivity contribution in [3.05, 3.63) is 0 Å². The van der Waals surface area contributed by atoms with Crippen molar-refractivity contribution in [1.29, 1.82) is 0 Å². The average molecular weight is 216 g/mol. The SMILES string of the molecule is CC(C)CC(N)C(=O)NCC(O)C(C)C. The maximum atomic E-state index is 11.5. The third-order valence-electron chi connectivity index (χ3n) is 2.32. The van der Waals surface area contributed by atoms with E-state index in [-0.39, 0.29) is 18.4 Å². The van der Waals surface area contributed by atoms with Crippen LogP contribution in [0.25, 0.3) is 0 Å². The van der Waals surface area contributed by atoms with Gasteiger partial charge in [-0.05, 0) is 18.3 Å². The third kappa shape index (κ3) is 6.47. The Morgan fingerprint density at radius 3 is 2.27 bits per heavy atom. The molecule has 0 aliphatic carbocycles. The summed E-state index contributed by atoms with van der Waals surface area (Å²) in [5.74, 6) is 0.371. The number of aliphatic hydroxyl groups excluding tert-OH is 1. The first-order chi connectivity index (χ1) is 6.84. The highest BCUT2D eigenvalue weighted by Crippen LogP contribution is 2.03. The van der Waals surface area contributed by atoms with Crippen LogP contribution in [0.5, 0.6) is 0 Å². The highest BCUT2D eigenvalue weighted by molar-refractivity contribution is 5.81.